The molecule has 1 nitrogen and oxygen atoms in total. The molecule has 0 spiro atoms. The first-order valence-corrected chi connectivity index (χ1v) is 8.97. The third-order valence-electron chi connectivity index (χ3n) is 3.54. The molecule has 1 aliphatic rings. The van der Waals surface area contributed by atoms with Gasteiger partial charge in [-0.3, -0.25) is 0 Å². The number of halogens is 2. The molecule has 4 heteroatoms. The largest absolute Gasteiger partial charge is 0.339 e. The van der Waals surface area contributed by atoms with Gasteiger partial charge < -0.3 is 4.90 Å². The molecule has 20 heavy (non-hydrogen) atoms. The summed E-state index contributed by atoms with van der Waals surface area (Å²) in [7, 11) is 0. The van der Waals surface area contributed by atoms with Crippen LogP contribution in [-0.4, -0.2) is 6.54 Å². The molecule has 0 saturated carbocycles. The van der Waals surface area contributed by atoms with Crippen LogP contribution in [0.1, 0.15) is 18.1 Å². The maximum absolute atomic E-state index is 3.61. The van der Waals surface area contributed by atoms with Crippen molar-refractivity contribution in [2.45, 2.75) is 30.6 Å². The molecule has 3 rings (SSSR count). The molecule has 0 atom stereocenters. The molecule has 2 aromatic rings. The predicted molar refractivity (Wildman–Crippen MR) is 94.6 cm³/mol. The van der Waals surface area contributed by atoms with Crippen LogP contribution in [0.4, 0.5) is 11.4 Å². The quantitative estimate of drug-likeness (QED) is 0.529. The van der Waals surface area contributed by atoms with Crippen LogP contribution in [0, 0.1) is 13.8 Å². The highest BCUT2D eigenvalue weighted by Crippen LogP contribution is 2.52. The minimum atomic E-state index is 0.978. The summed E-state index contributed by atoms with van der Waals surface area (Å²) in [4.78, 5) is 5.08. The summed E-state index contributed by atoms with van der Waals surface area (Å²) < 4.78 is 2.29. The van der Waals surface area contributed by atoms with Crippen molar-refractivity contribution < 1.29 is 0 Å². The van der Waals surface area contributed by atoms with E-state index in [-0.39, 0.29) is 0 Å². The minimum Gasteiger partial charge on any atom is -0.339 e. The molecule has 0 N–H and O–H groups in total. The van der Waals surface area contributed by atoms with Crippen molar-refractivity contribution >= 4 is 55.0 Å². The van der Waals surface area contributed by atoms with Gasteiger partial charge in [0.15, 0.2) is 0 Å². The van der Waals surface area contributed by atoms with Crippen molar-refractivity contribution in [1.29, 1.82) is 0 Å². The summed E-state index contributed by atoms with van der Waals surface area (Å²) in [5.74, 6) is 0. The molecule has 0 aromatic heterocycles. The molecule has 0 unspecified atom stereocenters. The minimum absolute atomic E-state index is 0.978. The maximum atomic E-state index is 3.61. The van der Waals surface area contributed by atoms with E-state index in [4.69, 9.17) is 0 Å². The monoisotopic (exact) mass is 411 g/mol. The summed E-state index contributed by atoms with van der Waals surface area (Å²) >= 11 is 9.08. The average molecular weight is 413 g/mol. The summed E-state index contributed by atoms with van der Waals surface area (Å²) in [6.07, 6.45) is 0. The molecule has 0 bridgehead atoms. The fourth-order valence-electron chi connectivity index (χ4n) is 2.80. The lowest BCUT2D eigenvalue weighted by atomic mass is 10.1. The SMILES string of the molecule is CCN1c2c(C)cc(Br)cc2Sc2cc(Br)cc(C)c21. The van der Waals surface area contributed by atoms with E-state index in [1.807, 2.05) is 11.8 Å². The van der Waals surface area contributed by atoms with Gasteiger partial charge in [-0.1, -0.05) is 43.6 Å². The normalized spacial score (nSPS) is 13.2. The molecule has 0 saturated heterocycles. The van der Waals surface area contributed by atoms with E-state index in [9.17, 15) is 0 Å². The van der Waals surface area contributed by atoms with Crippen LogP contribution in [-0.2, 0) is 0 Å². The lowest BCUT2D eigenvalue weighted by molar-refractivity contribution is 0.960. The van der Waals surface area contributed by atoms with E-state index in [1.54, 1.807) is 0 Å². The summed E-state index contributed by atoms with van der Waals surface area (Å²) in [6, 6.07) is 8.83. The topological polar surface area (TPSA) is 3.24 Å². The van der Waals surface area contributed by atoms with Crippen molar-refractivity contribution in [3.8, 4) is 0 Å². The van der Waals surface area contributed by atoms with E-state index < -0.39 is 0 Å². The zero-order valence-electron chi connectivity index (χ0n) is 11.6. The number of fused-ring (bicyclic) bond motifs is 2. The second-order valence-electron chi connectivity index (χ2n) is 4.99. The standard InChI is InChI=1S/C16H15Br2NS/c1-4-19-15-9(2)5-11(17)7-13(15)20-14-8-12(18)6-10(3)16(14)19/h5-8H,4H2,1-3H3. The number of hydrogen-bond acceptors (Lipinski definition) is 2. The molecular weight excluding hydrogens is 398 g/mol. The lowest BCUT2D eigenvalue weighted by Gasteiger charge is -2.35. The highest BCUT2D eigenvalue weighted by atomic mass is 79.9. The van der Waals surface area contributed by atoms with Gasteiger partial charge in [0.05, 0.1) is 11.4 Å². The van der Waals surface area contributed by atoms with Crippen molar-refractivity contribution in [2.24, 2.45) is 0 Å². The first-order valence-electron chi connectivity index (χ1n) is 6.57. The number of hydrogen-bond donors (Lipinski definition) is 0. The second-order valence-corrected chi connectivity index (χ2v) is 7.90. The van der Waals surface area contributed by atoms with Crippen LogP contribution >= 0.6 is 43.6 Å². The van der Waals surface area contributed by atoms with Crippen molar-refractivity contribution in [2.75, 3.05) is 11.4 Å². The van der Waals surface area contributed by atoms with Crippen LogP contribution < -0.4 is 4.90 Å². The Morgan fingerprint density at radius 2 is 1.35 bits per heavy atom. The third-order valence-corrected chi connectivity index (χ3v) is 5.51. The number of aryl methyl sites for hydroxylation is 2. The predicted octanol–water partition coefficient (Wildman–Crippen LogP) is 6.45. The zero-order valence-corrected chi connectivity index (χ0v) is 15.6. The first kappa shape index (κ1) is 14.5. The van der Waals surface area contributed by atoms with Gasteiger partial charge in [0.2, 0.25) is 0 Å². The summed E-state index contributed by atoms with van der Waals surface area (Å²) in [5.41, 5.74) is 5.32. The van der Waals surface area contributed by atoms with Gasteiger partial charge in [-0.2, -0.15) is 0 Å². The van der Waals surface area contributed by atoms with Gasteiger partial charge in [0.25, 0.3) is 0 Å². The second kappa shape index (κ2) is 5.39. The highest BCUT2D eigenvalue weighted by molar-refractivity contribution is 9.10. The van der Waals surface area contributed by atoms with Crippen LogP contribution in [0.15, 0.2) is 43.0 Å². The van der Waals surface area contributed by atoms with Gasteiger partial charge in [-0.25, -0.2) is 0 Å². The number of rotatable bonds is 1. The van der Waals surface area contributed by atoms with Crippen LogP contribution in [0.2, 0.25) is 0 Å². The van der Waals surface area contributed by atoms with E-state index >= 15 is 0 Å². The molecule has 0 radical (unpaired) electrons. The number of benzene rings is 2. The van der Waals surface area contributed by atoms with Gasteiger partial charge in [-0.05, 0) is 56.2 Å². The smallest absolute Gasteiger partial charge is 0.0583 e. The number of anilines is 2. The van der Waals surface area contributed by atoms with Crippen molar-refractivity contribution in [3.05, 3.63) is 44.3 Å². The molecular formula is C16H15Br2NS. The third kappa shape index (κ3) is 2.32. The highest BCUT2D eigenvalue weighted by Gasteiger charge is 2.26. The zero-order chi connectivity index (χ0) is 14.4. The van der Waals surface area contributed by atoms with Crippen molar-refractivity contribution in [3.63, 3.8) is 0 Å². The van der Waals surface area contributed by atoms with Crippen LogP contribution in [0.3, 0.4) is 0 Å². The Morgan fingerprint density at radius 3 is 1.75 bits per heavy atom. The molecule has 104 valence electrons. The van der Waals surface area contributed by atoms with Crippen LogP contribution in [0.25, 0.3) is 0 Å². The molecule has 0 amide bonds. The molecule has 0 aliphatic carbocycles. The Bertz CT molecular complexity index is 640. The Kier molecular flexibility index (Phi) is 3.91. The van der Waals surface area contributed by atoms with E-state index in [2.05, 4.69) is 81.8 Å². The van der Waals surface area contributed by atoms with Crippen molar-refractivity contribution in [1.82, 2.24) is 0 Å². The Hall–Kier alpha value is -0.450. The molecule has 2 aromatic carbocycles. The van der Waals surface area contributed by atoms with E-state index in [0.29, 0.717) is 0 Å². The molecule has 1 heterocycles. The summed E-state index contributed by atoms with van der Waals surface area (Å²) in [5, 5.41) is 0. The van der Waals surface area contributed by atoms with Gasteiger partial charge in [-0.15, -0.1) is 0 Å². The maximum Gasteiger partial charge on any atom is 0.0583 e. The lowest BCUT2D eigenvalue weighted by Crippen LogP contribution is -2.22. The van der Waals surface area contributed by atoms with Gasteiger partial charge >= 0.3 is 0 Å². The van der Waals surface area contributed by atoms with E-state index in [1.165, 1.54) is 32.3 Å². The van der Waals surface area contributed by atoms with Crippen LogP contribution in [0.5, 0.6) is 0 Å². The first-order chi connectivity index (χ1) is 9.51. The molecule has 0 fully saturated rings. The molecule has 1 aliphatic heterocycles. The average Bonchev–Trinajstić information content (AvgIpc) is 2.35. The fourth-order valence-corrected chi connectivity index (χ4v) is 5.60. The van der Waals surface area contributed by atoms with E-state index in [0.717, 1.165) is 15.5 Å². The Morgan fingerprint density at radius 1 is 0.900 bits per heavy atom. The fraction of sp³-hybridized carbons (Fsp3) is 0.250. The van der Waals surface area contributed by atoms with Gasteiger partial charge in [0, 0.05) is 25.3 Å². The Labute approximate surface area is 141 Å². The summed E-state index contributed by atoms with van der Waals surface area (Å²) in [6.45, 7) is 7.57. The Balaban J connectivity index is 2.27. The number of nitrogens with zero attached hydrogens (tertiary/aromatic N) is 1. The van der Waals surface area contributed by atoms with Gasteiger partial charge in [0.1, 0.15) is 0 Å².